The van der Waals surface area contributed by atoms with Crippen molar-refractivity contribution in [1.82, 2.24) is 25.1 Å². The van der Waals surface area contributed by atoms with Gasteiger partial charge in [-0.3, -0.25) is 4.79 Å². The Morgan fingerprint density at radius 1 is 1.24 bits per heavy atom. The van der Waals surface area contributed by atoms with Gasteiger partial charge in [-0.05, 0) is 49.6 Å². The highest BCUT2D eigenvalue weighted by Gasteiger charge is 2.27. The summed E-state index contributed by atoms with van der Waals surface area (Å²) >= 11 is 11.9. The van der Waals surface area contributed by atoms with E-state index in [2.05, 4.69) is 25.5 Å². The van der Waals surface area contributed by atoms with Gasteiger partial charge in [-0.25, -0.2) is 4.39 Å². The molecule has 0 bridgehead atoms. The molecule has 3 aromatic rings. The van der Waals surface area contributed by atoms with E-state index in [0.29, 0.717) is 42.2 Å². The molecule has 1 aliphatic heterocycles. The first kappa shape index (κ1) is 19.8. The summed E-state index contributed by atoms with van der Waals surface area (Å²) in [7, 11) is 0. The largest absolute Gasteiger partial charge is 0.355 e. The molecule has 0 spiro atoms. The summed E-state index contributed by atoms with van der Waals surface area (Å²) in [5.41, 5.74) is 1.19. The summed E-state index contributed by atoms with van der Waals surface area (Å²) < 4.78 is 15.4. The first-order valence-corrected chi connectivity index (χ1v) is 10.0. The SMILES string of the molecule is CC(NC(=O)C1CCN(c2ccc3nncn3n2)CC1)c1cc(F)c(Cl)cc1Cl. The molecule has 1 atom stereocenters. The zero-order valence-corrected chi connectivity index (χ0v) is 17.2. The molecule has 0 saturated carbocycles. The minimum Gasteiger partial charge on any atom is -0.355 e. The van der Waals surface area contributed by atoms with Crippen LogP contribution in [0.4, 0.5) is 10.2 Å². The first-order chi connectivity index (χ1) is 13.9. The van der Waals surface area contributed by atoms with Crippen LogP contribution in [0.5, 0.6) is 0 Å². The smallest absolute Gasteiger partial charge is 0.223 e. The Hall–Kier alpha value is -2.45. The van der Waals surface area contributed by atoms with E-state index in [4.69, 9.17) is 23.2 Å². The van der Waals surface area contributed by atoms with Crippen molar-refractivity contribution in [3.05, 3.63) is 52.0 Å². The molecule has 1 aromatic carbocycles. The van der Waals surface area contributed by atoms with Crippen LogP contribution >= 0.6 is 23.2 Å². The Bertz CT molecular complexity index is 1050. The predicted molar refractivity (Wildman–Crippen MR) is 109 cm³/mol. The number of carbonyl (C=O) groups is 1. The van der Waals surface area contributed by atoms with Crippen LogP contribution in [0.3, 0.4) is 0 Å². The van der Waals surface area contributed by atoms with Crippen molar-refractivity contribution in [2.45, 2.75) is 25.8 Å². The minimum atomic E-state index is -0.557. The highest BCUT2D eigenvalue weighted by molar-refractivity contribution is 6.35. The molecule has 1 amide bonds. The monoisotopic (exact) mass is 436 g/mol. The summed E-state index contributed by atoms with van der Waals surface area (Å²) in [5, 5.41) is 15.5. The number of carbonyl (C=O) groups excluding carboxylic acids is 1. The molecule has 7 nitrogen and oxygen atoms in total. The number of nitrogens with zero attached hydrogens (tertiary/aromatic N) is 5. The Balaban J connectivity index is 1.37. The van der Waals surface area contributed by atoms with Crippen LogP contribution in [0, 0.1) is 11.7 Å². The number of aromatic nitrogens is 4. The standard InChI is InChI=1S/C19H19Cl2FN6O/c1-11(13-8-16(22)15(21)9-14(13)20)24-19(29)12-4-6-27(7-5-12)18-3-2-17-25-23-10-28(17)26-18/h2-3,8-12H,4-7H2,1H3,(H,24,29). The van der Waals surface area contributed by atoms with Gasteiger partial charge in [0.2, 0.25) is 5.91 Å². The molecule has 29 heavy (non-hydrogen) atoms. The molecule has 1 saturated heterocycles. The fourth-order valence-corrected chi connectivity index (χ4v) is 4.08. The van der Waals surface area contributed by atoms with E-state index in [0.717, 1.165) is 5.82 Å². The summed E-state index contributed by atoms with van der Waals surface area (Å²) in [4.78, 5) is 14.8. The van der Waals surface area contributed by atoms with E-state index in [-0.39, 0.29) is 16.8 Å². The van der Waals surface area contributed by atoms with Gasteiger partial charge in [0.25, 0.3) is 0 Å². The second-order valence-electron chi connectivity index (χ2n) is 7.10. The van der Waals surface area contributed by atoms with E-state index >= 15 is 0 Å². The van der Waals surface area contributed by atoms with Crippen molar-refractivity contribution in [3.8, 4) is 0 Å². The number of piperidine rings is 1. The number of amides is 1. The molecule has 1 N–H and O–H groups in total. The summed E-state index contributed by atoms with van der Waals surface area (Å²) in [6.07, 6.45) is 2.96. The maximum Gasteiger partial charge on any atom is 0.223 e. The normalized spacial score (nSPS) is 16.2. The van der Waals surface area contributed by atoms with Crippen LogP contribution in [-0.2, 0) is 4.79 Å². The molecule has 2 aromatic heterocycles. The zero-order valence-electron chi connectivity index (χ0n) is 15.6. The van der Waals surface area contributed by atoms with Gasteiger partial charge in [-0.2, -0.15) is 4.52 Å². The van der Waals surface area contributed by atoms with Crippen LogP contribution in [0.1, 0.15) is 31.4 Å². The highest BCUT2D eigenvalue weighted by atomic mass is 35.5. The number of anilines is 1. The fraction of sp³-hybridized carbons (Fsp3) is 0.368. The molecule has 0 radical (unpaired) electrons. The lowest BCUT2D eigenvalue weighted by Crippen LogP contribution is -2.41. The fourth-order valence-electron chi connectivity index (χ4n) is 3.54. The third kappa shape index (κ3) is 4.13. The minimum absolute atomic E-state index is 0.0390. The second-order valence-corrected chi connectivity index (χ2v) is 7.92. The Morgan fingerprint density at radius 2 is 2.00 bits per heavy atom. The number of rotatable bonds is 4. The van der Waals surface area contributed by atoms with Crippen molar-refractivity contribution in [2.75, 3.05) is 18.0 Å². The van der Waals surface area contributed by atoms with E-state index < -0.39 is 11.9 Å². The van der Waals surface area contributed by atoms with Crippen LogP contribution in [-0.4, -0.2) is 38.8 Å². The average molecular weight is 437 g/mol. The second kappa shape index (κ2) is 8.12. The lowest BCUT2D eigenvalue weighted by atomic mass is 9.95. The van der Waals surface area contributed by atoms with Gasteiger partial charge in [0.1, 0.15) is 18.0 Å². The van der Waals surface area contributed by atoms with Crippen molar-refractivity contribution >= 4 is 40.6 Å². The molecule has 1 unspecified atom stereocenters. The quantitative estimate of drug-likeness (QED) is 0.631. The number of hydrogen-bond acceptors (Lipinski definition) is 5. The first-order valence-electron chi connectivity index (χ1n) is 9.29. The molecular formula is C19H19Cl2FN6O. The molecular weight excluding hydrogens is 418 g/mol. The van der Waals surface area contributed by atoms with Gasteiger partial charge in [0.15, 0.2) is 5.65 Å². The van der Waals surface area contributed by atoms with Crippen LogP contribution in [0.15, 0.2) is 30.6 Å². The molecule has 10 heteroatoms. The van der Waals surface area contributed by atoms with Gasteiger partial charge in [-0.15, -0.1) is 15.3 Å². The van der Waals surface area contributed by atoms with Crippen molar-refractivity contribution < 1.29 is 9.18 Å². The van der Waals surface area contributed by atoms with Crippen LogP contribution < -0.4 is 10.2 Å². The van der Waals surface area contributed by atoms with E-state index in [1.807, 2.05) is 12.1 Å². The lowest BCUT2D eigenvalue weighted by molar-refractivity contribution is -0.126. The Labute approximate surface area is 176 Å². The van der Waals surface area contributed by atoms with Gasteiger partial charge >= 0.3 is 0 Å². The van der Waals surface area contributed by atoms with Crippen LogP contribution in [0.2, 0.25) is 10.0 Å². The third-order valence-electron chi connectivity index (χ3n) is 5.20. The van der Waals surface area contributed by atoms with Crippen molar-refractivity contribution in [2.24, 2.45) is 5.92 Å². The molecule has 1 fully saturated rings. The Morgan fingerprint density at radius 3 is 2.76 bits per heavy atom. The number of benzene rings is 1. The lowest BCUT2D eigenvalue weighted by Gasteiger charge is -2.32. The topological polar surface area (TPSA) is 75.4 Å². The zero-order chi connectivity index (χ0) is 20.5. The summed E-state index contributed by atoms with van der Waals surface area (Å²) in [6.45, 7) is 3.20. The Kier molecular flexibility index (Phi) is 5.56. The predicted octanol–water partition coefficient (Wildman–Crippen LogP) is 3.66. The number of hydrogen-bond donors (Lipinski definition) is 1. The molecule has 3 heterocycles. The molecule has 152 valence electrons. The molecule has 1 aliphatic rings. The van der Waals surface area contributed by atoms with Gasteiger partial charge < -0.3 is 10.2 Å². The van der Waals surface area contributed by atoms with Gasteiger partial charge in [0.05, 0.1) is 11.1 Å². The molecule has 4 rings (SSSR count). The van der Waals surface area contributed by atoms with Crippen LogP contribution in [0.25, 0.3) is 5.65 Å². The summed E-state index contributed by atoms with van der Waals surface area (Å²) in [6, 6.07) is 5.98. The third-order valence-corrected chi connectivity index (χ3v) is 5.82. The number of nitrogens with one attached hydrogen (secondary N) is 1. The maximum atomic E-state index is 13.8. The highest BCUT2D eigenvalue weighted by Crippen LogP contribution is 2.29. The van der Waals surface area contributed by atoms with E-state index in [9.17, 15) is 9.18 Å². The van der Waals surface area contributed by atoms with E-state index in [1.54, 1.807) is 17.8 Å². The number of halogens is 3. The molecule has 0 aliphatic carbocycles. The van der Waals surface area contributed by atoms with Gasteiger partial charge in [-0.1, -0.05) is 23.2 Å². The number of fused-ring (bicyclic) bond motifs is 1. The maximum absolute atomic E-state index is 13.8. The van der Waals surface area contributed by atoms with E-state index in [1.165, 1.54) is 12.1 Å². The average Bonchev–Trinajstić information content (AvgIpc) is 3.18. The van der Waals surface area contributed by atoms with Crippen molar-refractivity contribution in [1.29, 1.82) is 0 Å². The van der Waals surface area contributed by atoms with Crippen molar-refractivity contribution in [3.63, 3.8) is 0 Å². The summed E-state index contributed by atoms with van der Waals surface area (Å²) in [5.74, 6) is 0.0834. The van der Waals surface area contributed by atoms with Gasteiger partial charge in [0, 0.05) is 24.0 Å².